The van der Waals surface area contributed by atoms with Crippen LogP contribution in [0.4, 0.5) is 5.69 Å². The number of benzene rings is 2. The molecule has 0 saturated heterocycles. The van der Waals surface area contributed by atoms with Gasteiger partial charge in [0, 0.05) is 17.8 Å². The fraction of sp³-hybridized carbons (Fsp3) is 0.348. The first-order valence-electron chi connectivity index (χ1n) is 9.75. The molecule has 1 aliphatic rings. The Morgan fingerprint density at radius 1 is 1.11 bits per heavy atom. The molecule has 1 aliphatic heterocycles. The molecular formula is C23H28N2O2. The highest BCUT2D eigenvalue weighted by Gasteiger charge is 2.33. The molecule has 0 fully saturated rings. The van der Waals surface area contributed by atoms with Crippen molar-refractivity contribution in [2.24, 2.45) is 0 Å². The zero-order chi connectivity index (χ0) is 19.1. The number of para-hydroxylation sites is 2. The molecule has 27 heavy (non-hydrogen) atoms. The minimum Gasteiger partial charge on any atom is -0.493 e. The van der Waals surface area contributed by atoms with Crippen LogP contribution in [-0.4, -0.2) is 24.0 Å². The van der Waals surface area contributed by atoms with Crippen molar-refractivity contribution in [3.05, 3.63) is 72.3 Å². The molecule has 2 aromatic rings. The molecular weight excluding hydrogens is 336 g/mol. The third-order valence-corrected chi connectivity index (χ3v) is 4.82. The highest BCUT2D eigenvalue weighted by atomic mass is 16.5. The third-order valence-electron chi connectivity index (χ3n) is 4.82. The summed E-state index contributed by atoms with van der Waals surface area (Å²) in [5, 5.41) is 3.51. The second-order valence-electron chi connectivity index (χ2n) is 6.79. The number of nitrogens with zero attached hydrogens (tertiary/aromatic N) is 1. The van der Waals surface area contributed by atoms with E-state index in [-0.39, 0.29) is 12.1 Å². The quantitative estimate of drug-likeness (QED) is 0.478. The van der Waals surface area contributed by atoms with E-state index in [0.29, 0.717) is 18.7 Å². The highest BCUT2D eigenvalue weighted by molar-refractivity contribution is 6.01. The Labute approximate surface area is 161 Å². The zero-order valence-corrected chi connectivity index (χ0v) is 16.0. The molecule has 1 unspecified atom stereocenters. The Morgan fingerprint density at radius 2 is 1.89 bits per heavy atom. The largest absolute Gasteiger partial charge is 0.493 e. The Morgan fingerprint density at radius 3 is 2.70 bits per heavy atom. The average Bonchev–Trinajstić information content (AvgIpc) is 2.70. The van der Waals surface area contributed by atoms with Gasteiger partial charge in [-0.25, -0.2) is 0 Å². The highest BCUT2D eigenvalue weighted by Crippen LogP contribution is 2.36. The third kappa shape index (κ3) is 4.33. The first-order chi connectivity index (χ1) is 13.3. The van der Waals surface area contributed by atoms with Gasteiger partial charge < -0.3 is 15.0 Å². The second kappa shape index (κ2) is 9.26. The lowest BCUT2D eigenvalue weighted by Gasteiger charge is -2.38. The van der Waals surface area contributed by atoms with Crippen molar-refractivity contribution in [3.63, 3.8) is 0 Å². The van der Waals surface area contributed by atoms with Crippen molar-refractivity contribution in [2.45, 2.75) is 38.8 Å². The predicted octanol–water partition coefficient (Wildman–Crippen LogP) is 5.40. The first-order valence-corrected chi connectivity index (χ1v) is 9.75. The molecule has 1 N–H and O–H groups in total. The molecule has 0 spiro atoms. The van der Waals surface area contributed by atoms with Crippen LogP contribution in [0.5, 0.6) is 5.75 Å². The molecule has 0 bridgehead atoms. The predicted molar refractivity (Wildman–Crippen MR) is 110 cm³/mol. The van der Waals surface area contributed by atoms with E-state index >= 15 is 0 Å². The van der Waals surface area contributed by atoms with E-state index in [0.717, 1.165) is 23.4 Å². The number of carbonyl (C=O) groups excluding carboxylic acids is 1. The molecule has 0 radical (unpaired) electrons. The van der Waals surface area contributed by atoms with Gasteiger partial charge in [0.15, 0.2) is 0 Å². The average molecular weight is 364 g/mol. The van der Waals surface area contributed by atoms with Crippen LogP contribution in [0.15, 0.2) is 61.2 Å². The van der Waals surface area contributed by atoms with Gasteiger partial charge in [0.25, 0.3) is 5.91 Å². The molecule has 142 valence electrons. The van der Waals surface area contributed by atoms with Crippen molar-refractivity contribution in [1.82, 2.24) is 4.90 Å². The molecule has 0 aliphatic carbocycles. The number of anilines is 1. The molecule has 1 atom stereocenters. The van der Waals surface area contributed by atoms with E-state index in [1.165, 1.54) is 19.3 Å². The number of carbonyl (C=O) groups is 1. The summed E-state index contributed by atoms with van der Waals surface area (Å²) in [6, 6.07) is 15.6. The summed E-state index contributed by atoms with van der Waals surface area (Å²) in [6.45, 7) is 7.18. The van der Waals surface area contributed by atoms with Crippen LogP contribution in [0.1, 0.15) is 54.7 Å². The SMILES string of the molecule is C=CCN1C(=O)c2ccccc2NC1c1ccccc1OCCCCCC. The van der Waals surface area contributed by atoms with Gasteiger partial charge in [-0.2, -0.15) is 0 Å². The standard InChI is InChI=1S/C23H28N2O2/c1-3-5-6-11-17-27-21-15-10-8-13-19(21)22-24-20-14-9-7-12-18(20)23(26)25(22)16-4-2/h4,7-10,12-15,22,24H,2-3,5-6,11,16-17H2,1H3. The Kier molecular flexibility index (Phi) is 6.53. The van der Waals surface area contributed by atoms with Gasteiger partial charge in [-0.15, -0.1) is 6.58 Å². The summed E-state index contributed by atoms with van der Waals surface area (Å²) in [6.07, 6.45) is 6.13. The summed E-state index contributed by atoms with van der Waals surface area (Å²) in [5.74, 6) is 0.833. The smallest absolute Gasteiger partial charge is 0.258 e. The van der Waals surface area contributed by atoms with Gasteiger partial charge in [-0.3, -0.25) is 4.79 Å². The molecule has 1 amide bonds. The van der Waals surface area contributed by atoms with Crippen LogP contribution in [0.3, 0.4) is 0 Å². The molecule has 4 heteroatoms. The number of rotatable bonds is 9. The van der Waals surface area contributed by atoms with Crippen LogP contribution in [0.2, 0.25) is 0 Å². The van der Waals surface area contributed by atoms with E-state index in [4.69, 9.17) is 4.74 Å². The molecule has 0 aromatic heterocycles. The minimum absolute atomic E-state index is 0.00648. The summed E-state index contributed by atoms with van der Waals surface area (Å²) >= 11 is 0. The maximum absolute atomic E-state index is 13.0. The summed E-state index contributed by atoms with van der Waals surface area (Å²) in [4.78, 5) is 14.8. The van der Waals surface area contributed by atoms with Crippen molar-refractivity contribution in [1.29, 1.82) is 0 Å². The summed E-state index contributed by atoms with van der Waals surface area (Å²) in [5.41, 5.74) is 2.51. The van der Waals surface area contributed by atoms with Crippen LogP contribution in [0, 0.1) is 0 Å². The minimum atomic E-state index is -0.280. The normalized spacial score (nSPS) is 15.8. The number of hydrogen-bond acceptors (Lipinski definition) is 3. The number of unbranched alkanes of at least 4 members (excludes halogenated alkanes) is 3. The van der Waals surface area contributed by atoms with Gasteiger partial charge in [0.2, 0.25) is 0 Å². The van der Waals surface area contributed by atoms with Crippen LogP contribution >= 0.6 is 0 Å². The zero-order valence-electron chi connectivity index (χ0n) is 16.0. The fourth-order valence-corrected chi connectivity index (χ4v) is 3.41. The van der Waals surface area contributed by atoms with E-state index in [1.54, 1.807) is 11.0 Å². The number of nitrogens with one attached hydrogen (secondary N) is 1. The van der Waals surface area contributed by atoms with Gasteiger partial charge >= 0.3 is 0 Å². The van der Waals surface area contributed by atoms with Crippen LogP contribution in [-0.2, 0) is 0 Å². The maximum atomic E-state index is 13.0. The van der Waals surface area contributed by atoms with Gasteiger partial charge in [-0.05, 0) is 24.6 Å². The van der Waals surface area contributed by atoms with Crippen molar-refractivity contribution < 1.29 is 9.53 Å². The van der Waals surface area contributed by atoms with Crippen molar-refractivity contribution >= 4 is 11.6 Å². The van der Waals surface area contributed by atoms with E-state index in [1.807, 2.05) is 48.5 Å². The second-order valence-corrected chi connectivity index (χ2v) is 6.79. The van der Waals surface area contributed by atoms with Crippen LogP contribution < -0.4 is 10.1 Å². The topological polar surface area (TPSA) is 41.6 Å². The molecule has 3 rings (SSSR count). The first kappa shape index (κ1) is 19.0. The lowest BCUT2D eigenvalue weighted by atomic mass is 10.0. The van der Waals surface area contributed by atoms with Gasteiger partial charge in [0.1, 0.15) is 11.9 Å². The maximum Gasteiger partial charge on any atom is 0.258 e. The van der Waals surface area contributed by atoms with Crippen LogP contribution in [0.25, 0.3) is 0 Å². The summed E-state index contributed by atoms with van der Waals surface area (Å²) in [7, 11) is 0. The van der Waals surface area contributed by atoms with E-state index in [9.17, 15) is 4.79 Å². The Bertz CT molecular complexity index is 787. The van der Waals surface area contributed by atoms with E-state index < -0.39 is 0 Å². The van der Waals surface area contributed by atoms with E-state index in [2.05, 4.69) is 18.8 Å². The van der Waals surface area contributed by atoms with Crippen molar-refractivity contribution in [2.75, 3.05) is 18.5 Å². The fourth-order valence-electron chi connectivity index (χ4n) is 3.41. The Hall–Kier alpha value is -2.75. The Balaban J connectivity index is 1.85. The number of fused-ring (bicyclic) bond motifs is 1. The summed E-state index contributed by atoms with van der Waals surface area (Å²) < 4.78 is 6.08. The lowest BCUT2D eigenvalue weighted by Crippen LogP contribution is -2.43. The van der Waals surface area contributed by atoms with Gasteiger partial charge in [-0.1, -0.05) is 62.6 Å². The lowest BCUT2D eigenvalue weighted by molar-refractivity contribution is 0.0705. The number of ether oxygens (including phenoxy) is 1. The van der Waals surface area contributed by atoms with Crippen molar-refractivity contribution in [3.8, 4) is 5.75 Å². The molecule has 2 aromatic carbocycles. The number of amides is 1. The number of hydrogen-bond donors (Lipinski definition) is 1. The monoisotopic (exact) mass is 364 g/mol. The molecule has 4 nitrogen and oxygen atoms in total. The molecule has 1 heterocycles. The van der Waals surface area contributed by atoms with Gasteiger partial charge in [0.05, 0.1) is 12.2 Å². The molecule has 0 saturated carbocycles.